The molecule has 0 unspecified atom stereocenters. The van der Waals surface area contributed by atoms with E-state index in [4.69, 9.17) is 9.72 Å². The van der Waals surface area contributed by atoms with E-state index in [0.717, 1.165) is 42.4 Å². The maximum Gasteiger partial charge on any atom is 0.123 e. The third-order valence-electron chi connectivity index (χ3n) is 3.47. The van der Waals surface area contributed by atoms with E-state index in [-0.39, 0.29) is 0 Å². The molecular formula is C16H22N2OS. The normalized spacial score (nSPS) is 11.0. The van der Waals surface area contributed by atoms with Crippen molar-refractivity contribution in [2.45, 2.75) is 20.3 Å². The Labute approximate surface area is 125 Å². The molecule has 0 atom stereocenters. The first-order valence-corrected chi connectivity index (χ1v) is 7.96. The van der Waals surface area contributed by atoms with Crippen molar-refractivity contribution in [3.8, 4) is 16.3 Å². The molecule has 20 heavy (non-hydrogen) atoms. The monoisotopic (exact) mass is 290 g/mol. The summed E-state index contributed by atoms with van der Waals surface area (Å²) in [7, 11) is 1.68. The van der Waals surface area contributed by atoms with Crippen LogP contribution in [-0.4, -0.2) is 36.6 Å². The van der Waals surface area contributed by atoms with Crippen LogP contribution in [0.1, 0.15) is 19.5 Å². The molecule has 108 valence electrons. The van der Waals surface area contributed by atoms with Crippen molar-refractivity contribution in [2.24, 2.45) is 0 Å². The molecule has 0 aliphatic heterocycles. The fraction of sp³-hybridized carbons (Fsp3) is 0.438. The van der Waals surface area contributed by atoms with Crippen LogP contribution in [0.3, 0.4) is 0 Å². The van der Waals surface area contributed by atoms with Crippen LogP contribution in [0.2, 0.25) is 0 Å². The van der Waals surface area contributed by atoms with E-state index in [2.05, 4.69) is 36.3 Å². The first kappa shape index (κ1) is 15.0. The van der Waals surface area contributed by atoms with Crippen LogP contribution >= 0.6 is 11.3 Å². The van der Waals surface area contributed by atoms with Gasteiger partial charge in [-0.3, -0.25) is 0 Å². The third kappa shape index (κ3) is 3.81. The van der Waals surface area contributed by atoms with Crippen LogP contribution in [0, 0.1) is 0 Å². The number of hydrogen-bond donors (Lipinski definition) is 0. The number of methoxy groups -OCH3 is 1. The van der Waals surface area contributed by atoms with Crippen LogP contribution in [0.5, 0.6) is 5.75 Å². The molecule has 3 nitrogen and oxygen atoms in total. The molecule has 1 aromatic carbocycles. The van der Waals surface area contributed by atoms with Gasteiger partial charge in [0.2, 0.25) is 0 Å². The van der Waals surface area contributed by atoms with Crippen molar-refractivity contribution in [3.63, 3.8) is 0 Å². The Balaban J connectivity index is 2.00. The highest BCUT2D eigenvalue weighted by molar-refractivity contribution is 7.13. The lowest BCUT2D eigenvalue weighted by Crippen LogP contribution is -2.25. The number of rotatable bonds is 7. The zero-order valence-corrected chi connectivity index (χ0v) is 13.2. The minimum absolute atomic E-state index is 0.882. The van der Waals surface area contributed by atoms with Gasteiger partial charge in [-0.25, -0.2) is 4.98 Å². The Morgan fingerprint density at radius 2 is 1.85 bits per heavy atom. The zero-order valence-electron chi connectivity index (χ0n) is 12.4. The molecule has 2 aromatic rings. The molecule has 0 bridgehead atoms. The van der Waals surface area contributed by atoms with Crippen LogP contribution < -0.4 is 4.74 Å². The second kappa shape index (κ2) is 7.41. The highest BCUT2D eigenvalue weighted by Gasteiger charge is 2.06. The number of benzene rings is 1. The van der Waals surface area contributed by atoms with Gasteiger partial charge in [0.15, 0.2) is 0 Å². The van der Waals surface area contributed by atoms with E-state index in [9.17, 15) is 0 Å². The first-order chi connectivity index (χ1) is 9.76. The lowest BCUT2D eigenvalue weighted by atomic mass is 10.2. The van der Waals surface area contributed by atoms with Gasteiger partial charge in [-0.05, 0) is 37.4 Å². The summed E-state index contributed by atoms with van der Waals surface area (Å²) in [4.78, 5) is 7.15. The zero-order chi connectivity index (χ0) is 14.4. The smallest absolute Gasteiger partial charge is 0.123 e. The van der Waals surface area contributed by atoms with Gasteiger partial charge in [-0.15, -0.1) is 11.3 Å². The molecule has 0 fully saturated rings. The van der Waals surface area contributed by atoms with E-state index in [1.165, 1.54) is 5.69 Å². The van der Waals surface area contributed by atoms with E-state index in [1.807, 2.05) is 12.1 Å². The van der Waals surface area contributed by atoms with Gasteiger partial charge in [-0.2, -0.15) is 0 Å². The minimum Gasteiger partial charge on any atom is -0.497 e. The summed E-state index contributed by atoms with van der Waals surface area (Å²) in [5.74, 6) is 0.882. The van der Waals surface area contributed by atoms with E-state index in [1.54, 1.807) is 18.4 Å². The molecule has 0 saturated heterocycles. The summed E-state index contributed by atoms with van der Waals surface area (Å²) in [6, 6.07) is 8.08. The molecule has 0 aliphatic carbocycles. The van der Waals surface area contributed by atoms with Gasteiger partial charge in [0, 0.05) is 23.9 Å². The summed E-state index contributed by atoms with van der Waals surface area (Å²) in [6.07, 6.45) is 1.02. The van der Waals surface area contributed by atoms with Gasteiger partial charge >= 0.3 is 0 Å². The molecule has 0 spiro atoms. The summed E-state index contributed by atoms with van der Waals surface area (Å²) in [5, 5.41) is 3.26. The van der Waals surface area contributed by atoms with Gasteiger partial charge in [-0.1, -0.05) is 13.8 Å². The second-order valence-electron chi connectivity index (χ2n) is 4.65. The Morgan fingerprint density at radius 3 is 2.45 bits per heavy atom. The van der Waals surface area contributed by atoms with E-state index < -0.39 is 0 Å². The fourth-order valence-electron chi connectivity index (χ4n) is 2.10. The fourth-order valence-corrected chi connectivity index (χ4v) is 2.96. The van der Waals surface area contributed by atoms with E-state index >= 15 is 0 Å². The molecule has 1 heterocycles. The SMILES string of the molecule is CCN(CC)CCc1csc(-c2ccc(OC)cc2)n1. The second-order valence-corrected chi connectivity index (χ2v) is 5.51. The maximum absolute atomic E-state index is 5.18. The van der Waals surface area contributed by atoms with Gasteiger partial charge in [0.1, 0.15) is 10.8 Å². The Kier molecular flexibility index (Phi) is 5.56. The van der Waals surface area contributed by atoms with Crippen LogP contribution in [0.4, 0.5) is 0 Å². The van der Waals surface area contributed by atoms with Crippen LogP contribution in [0.25, 0.3) is 10.6 Å². The van der Waals surface area contributed by atoms with Gasteiger partial charge in [0.25, 0.3) is 0 Å². The number of likely N-dealkylation sites (N-methyl/N-ethyl adjacent to an activating group) is 1. The average Bonchev–Trinajstić information content (AvgIpc) is 2.97. The summed E-state index contributed by atoms with van der Waals surface area (Å²) in [6.45, 7) is 7.69. The number of ether oxygens (including phenoxy) is 1. The lowest BCUT2D eigenvalue weighted by molar-refractivity contribution is 0.307. The predicted octanol–water partition coefficient (Wildman–Crippen LogP) is 3.70. The Bertz CT molecular complexity index is 518. The van der Waals surface area contributed by atoms with E-state index in [0.29, 0.717) is 0 Å². The molecule has 4 heteroatoms. The predicted molar refractivity (Wildman–Crippen MR) is 85.6 cm³/mol. The van der Waals surface area contributed by atoms with Crippen molar-refractivity contribution in [2.75, 3.05) is 26.7 Å². The lowest BCUT2D eigenvalue weighted by Gasteiger charge is -2.16. The van der Waals surface area contributed by atoms with Crippen molar-refractivity contribution in [1.82, 2.24) is 9.88 Å². The number of hydrogen-bond acceptors (Lipinski definition) is 4. The molecule has 0 aliphatic rings. The summed E-state index contributed by atoms with van der Waals surface area (Å²) in [5.41, 5.74) is 2.35. The largest absolute Gasteiger partial charge is 0.497 e. The quantitative estimate of drug-likeness (QED) is 0.777. The third-order valence-corrected chi connectivity index (χ3v) is 4.41. The van der Waals surface area contributed by atoms with Crippen molar-refractivity contribution in [3.05, 3.63) is 35.3 Å². The summed E-state index contributed by atoms with van der Waals surface area (Å²) < 4.78 is 5.18. The van der Waals surface area contributed by atoms with Crippen LogP contribution in [0.15, 0.2) is 29.6 Å². The molecule has 0 saturated carbocycles. The Hall–Kier alpha value is -1.39. The average molecular weight is 290 g/mol. The maximum atomic E-state index is 5.18. The van der Waals surface area contributed by atoms with Gasteiger partial charge < -0.3 is 9.64 Å². The van der Waals surface area contributed by atoms with Crippen molar-refractivity contribution >= 4 is 11.3 Å². The number of thiazole rings is 1. The molecule has 2 rings (SSSR count). The van der Waals surface area contributed by atoms with Crippen molar-refractivity contribution in [1.29, 1.82) is 0 Å². The number of aromatic nitrogens is 1. The highest BCUT2D eigenvalue weighted by atomic mass is 32.1. The first-order valence-electron chi connectivity index (χ1n) is 7.08. The standard InChI is InChI=1S/C16H22N2OS/c1-4-18(5-2)11-10-14-12-20-16(17-14)13-6-8-15(19-3)9-7-13/h6-9,12H,4-5,10-11H2,1-3H3. The highest BCUT2D eigenvalue weighted by Crippen LogP contribution is 2.25. The Morgan fingerprint density at radius 1 is 1.15 bits per heavy atom. The molecule has 0 radical (unpaired) electrons. The molecule has 0 amide bonds. The van der Waals surface area contributed by atoms with Crippen molar-refractivity contribution < 1.29 is 4.74 Å². The minimum atomic E-state index is 0.882. The topological polar surface area (TPSA) is 25.4 Å². The molecule has 0 N–H and O–H groups in total. The number of nitrogens with zero attached hydrogens (tertiary/aromatic N) is 2. The molecular weight excluding hydrogens is 268 g/mol. The summed E-state index contributed by atoms with van der Waals surface area (Å²) >= 11 is 1.71. The van der Waals surface area contributed by atoms with Gasteiger partial charge in [0.05, 0.1) is 12.8 Å². The van der Waals surface area contributed by atoms with Crippen LogP contribution in [-0.2, 0) is 6.42 Å². The molecule has 1 aromatic heterocycles.